The molecule has 1 N–H and O–H groups in total. The summed E-state index contributed by atoms with van der Waals surface area (Å²) in [4.78, 5) is 0.162. The first-order valence-corrected chi connectivity index (χ1v) is 15.1. The Morgan fingerprint density at radius 2 is 1.35 bits per heavy atom. The van der Waals surface area contributed by atoms with Crippen LogP contribution < -0.4 is 4.74 Å². The van der Waals surface area contributed by atoms with Gasteiger partial charge in [0.15, 0.2) is 0 Å². The maximum Gasteiger partial charge on any atom is 0.283 e. The molecule has 6 rings (SSSR count). The first-order chi connectivity index (χ1) is 19.2. The minimum absolute atomic E-state index is 0.0691. The highest BCUT2D eigenvalue weighted by Gasteiger charge is 2.28. The zero-order valence-electron chi connectivity index (χ0n) is 21.1. The monoisotopic (exact) mass is 573 g/mol. The van der Waals surface area contributed by atoms with Gasteiger partial charge in [-0.1, -0.05) is 42.5 Å². The van der Waals surface area contributed by atoms with E-state index in [1.807, 2.05) is 0 Å². The van der Waals surface area contributed by atoms with Gasteiger partial charge in [-0.05, 0) is 66.2 Å². The predicted molar refractivity (Wildman–Crippen MR) is 150 cm³/mol. The van der Waals surface area contributed by atoms with Crippen LogP contribution in [0, 0.1) is 0 Å². The summed E-state index contributed by atoms with van der Waals surface area (Å²) in [6.07, 6.45) is 0.0306. The van der Waals surface area contributed by atoms with Gasteiger partial charge in [-0.15, -0.1) is 0 Å². The van der Waals surface area contributed by atoms with E-state index in [-0.39, 0.29) is 15.5 Å². The normalized spacial score (nSPS) is 13.1. The van der Waals surface area contributed by atoms with E-state index in [2.05, 4.69) is 5.10 Å². The summed E-state index contributed by atoms with van der Waals surface area (Å²) in [5, 5.41) is 16.7. The summed E-state index contributed by atoms with van der Waals surface area (Å²) < 4.78 is 61.4. The van der Waals surface area contributed by atoms with Gasteiger partial charge in [0.05, 0.1) is 39.8 Å². The predicted octanol–water partition coefficient (Wildman–Crippen LogP) is 4.56. The Morgan fingerprint density at radius 1 is 0.725 bits per heavy atom. The van der Waals surface area contributed by atoms with Crippen LogP contribution in [-0.4, -0.2) is 42.2 Å². The fraction of sp³-hybridized carbons (Fsp3) is 0.0690. The van der Waals surface area contributed by atoms with Crippen LogP contribution in [0.3, 0.4) is 0 Å². The highest BCUT2D eigenvalue weighted by Crippen LogP contribution is 2.35. The van der Waals surface area contributed by atoms with E-state index >= 15 is 0 Å². The van der Waals surface area contributed by atoms with Crippen molar-refractivity contribution in [3.05, 3.63) is 121 Å². The number of rotatable bonds is 7. The lowest BCUT2D eigenvalue weighted by Gasteiger charge is -2.17. The van der Waals surface area contributed by atoms with Crippen molar-refractivity contribution < 1.29 is 26.7 Å². The van der Waals surface area contributed by atoms with Crippen LogP contribution in [0.2, 0.25) is 0 Å². The summed E-state index contributed by atoms with van der Waals surface area (Å²) in [5.74, 6) is 0.538. The number of aliphatic hydroxyl groups is 1. The number of ether oxygens (including phenoxy) is 1. The number of hydrogen-bond acceptors (Lipinski definition) is 7. The summed E-state index contributed by atoms with van der Waals surface area (Å²) >= 11 is 0. The molecule has 2 aromatic heterocycles. The van der Waals surface area contributed by atoms with Crippen LogP contribution in [-0.2, 0) is 20.0 Å². The molecule has 0 saturated carbocycles. The smallest absolute Gasteiger partial charge is 0.283 e. The Bertz CT molecular complexity index is 2090. The molecule has 0 saturated heterocycles. The van der Waals surface area contributed by atoms with Gasteiger partial charge in [0, 0.05) is 10.8 Å². The van der Waals surface area contributed by atoms with Crippen LogP contribution in [0.25, 0.3) is 21.8 Å². The zero-order valence-corrected chi connectivity index (χ0v) is 22.7. The van der Waals surface area contributed by atoms with E-state index in [0.717, 1.165) is 8.06 Å². The lowest BCUT2D eigenvalue weighted by Crippen LogP contribution is -2.18. The minimum Gasteiger partial charge on any atom is -0.497 e. The van der Waals surface area contributed by atoms with Crippen molar-refractivity contribution in [1.29, 1.82) is 0 Å². The molecule has 1 atom stereocenters. The standard InChI is InChI=1S/C29H23N3O6S2/c1-38-23-13-15-26-21(17-23)18-28(31(26)39(34,35)24-8-4-2-5-9-24)29(33)20-12-14-27-22(16-20)19-30-32(27)40(36,37)25-10-6-3-7-11-25/h2-19,29,33H,1H3. The molecule has 0 aliphatic carbocycles. The summed E-state index contributed by atoms with van der Waals surface area (Å²) in [5.41, 5.74) is 1.18. The highest BCUT2D eigenvalue weighted by molar-refractivity contribution is 7.90. The van der Waals surface area contributed by atoms with Crippen molar-refractivity contribution in [3.8, 4) is 5.75 Å². The van der Waals surface area contributed by atoms with E-state index in [0.29, 0.717) is 33.1 Å². The van der Waals surface area contributed by atoms with E-state index in [4.69, 9.17) is 4.74 Å². The molecule has 0 aliphatic heterocycles. The number of methoxy groups -OCH3 is 1. The van der Waals surface area contributed by atoms with Crippen LogP contribution in [0.4, 0.5) is 0 Å². The highest BCUT2D eigenvalue weighted by atomic mass is 32.2. The molecular weight excluding hydrogens is 550 g/mol. The molecule has 2 heterocycles. The maximum atomic E-state index is 13.8. The van der Waals surface area contributed by atoms with E-state index in [9.17, 15) is 21.9 Å². The first-order valence-electron chi connectivity index (χ1n) is 12.2. The molecule has 0 fully saturated rings. The number of aliphatic hydroxyl groups excluding tert-OH is 1. The first kappa shape index (κ1) is 25.8. The number of benzene rings is 4. The van der Waals surface area contributed by atoms with Crippen molar-refractivity contribution in [2.24, 2.45) is 0 Å². The summed E-state index contributed by atoms with van der Waals surface area (Å²) in [6.45, 7) is 0. The average molecular weight is 574 g/mol. The lowest BCUT2D eigenvalue weighted by atomic mass is 10.0. The van der Waals surface area contributed by atoms with E-state index < -0.39 is 26.2 Å². The lowest BCUT2D eigenvalue weighted by molar-refractivity contribution is 0.215. The molecule has 9 nitrogen and oxygen atoms in total. The van der Waals surface area contributed by atoms with Crippen molar-refractivity contribution >= 4 is 41.9 Å². The van der Waals surface area contributed by atoms with Gasteiger partial charge < -0.3 is 9.84 Å². The molecule has 1 unspecified atom stereocenters. The quantitative estimate of drug-likeness (QED) is 0.297. The van der Waals surface area contributed by atoms with Crippen molar-refractivity contribution in [3.63, 3.8) is 0 Å². The molecule has 0 amide bonds. The van der Waals surface area contributed by atoms with Gasteiger partial charge in [0.1, 0.15) is 11.9 Å². The summed E-state index contributed by atoms with van der Waals surface area (Å²) in [6, 6.07) is 27.2. The van der Waals surface area contributed by atoms with Crippen LogP contribution in [0.15, 0.2) is 119 Å². The third-order valence-corrected chi connectivity index (χ3v) is 10.1. The molecule has 0 spiro atoms. The van der Waals surface area contributed by atoms with Gasteiger partial charge in [-0.2, -0.15) is 17.6 Å². The van der Waals surface area contributed by atoms with E-state index in [1.165, 1.54) is 37.6 Å². The van der Waals surface area contributed by atoms with Crippen LogP contribution in [0.1, 0.15) is 17.4 Å². The van der Waals surface area contributed by atoms with Crippen molar-refractivity contribution in [2.75, 3.05) is 7.11 Å². The fourth-order valence-electron chi connectivity index (χ4n) is 4.73. The SMILES string of the molecule is COc1ccc2c(c1)cc(C(O)c1ccc3c(cnn3S(=O)(=O)c3ccccc3)c1)n2S(=O)(=O)c1ccccc1. The van der Waals surface area contributed by atoms with Gasteiger partial charge >= 0.3 is 0 Å². The molecule has 0 radical (unpaired) electrons. The minimum atomic E-state index is -4.09. The third kappa shape index (κ3) is 4.15. The van der Waals surface area contributed by atoms with Gasteiger partial charge in [0.25, 0.3) is 20.0 Å². The molecule has 0 bridgehead atoms. The Hall–Kier alpha value is -4.45. The largest absolute Gasteiger partial charge is 0.497 e. The summed E-state index contributed by atoms with van der Waals surface area (Å²) in [7, 11) is -6.52. The van der Waals surface area contributed by atoms with Crippen LogP contribution in [0.5, 0.6) is 5.75 Å². The zero-order chi connectivity index (χ0) is 28.1. The topological polar surface area (TPSA) is 120 Å². The van der Waals surface area contributed by atoms with Gasteiger partial charge in [-0.3, -0.25) is 0 Å². The Labute approximate surface area is 230 Å². The molecule has 4 aromatic carbocycles. The Kier molecular flexibility index (Phi) is 6.21. The number of nitrogens with zero attached hydrogens (tertiary/aromatic N) is 3. The number of hydrogen-bond donors (Lipinski definition) is 1. The maximum absolute atomic E-state index is 13.8. The molecule has 11 heteroatoms. The second kappa shape index (κ2) is 9.63. The van der Waals surface area contributed by atoms with Crippen molar-refractivity contribution in [1.82, 2.24) is 13.2 Å². The fourth-order valence-corrected chi connectivity index (χ4v) is 7.59. The molecular formula is C29H23N3O6S2. The average Bonchev–Trinajstić information content (AvgIpc) is 3.59. The Balaban J connectivity index is 1.49. The van der Waals surface area contributed by atoms with Crippen molar-refractivity contribution in [2.45, 2.75) is 15.9 Å². The van der Waals surface area contributed by atoms with Gasteiger partial charge in [0.2, 0.25) is 0 Å². The second-order valence-corrected chi connectivity index (χ2v) is 12.7. The van der Waals surface area contributed by atoms with Crippen LogP contribution >= 0.6 is 0 Å². The number of fused-ring (bicyclic) bond motifs is 2. The molecule has 0 aliphatic rings. The Morgan fingerprint density at radius 3 is 2.00 bits per heavy atom. The second-order valence-electron chi connectivity index (χ2n) is 9.10. The van der Waals surface area contributed by atoms with Gasteiger partial charge in [-0.25, -0.2) is 12.4 Å². The molecule has 6 aromatic rings. The van der Waals surface area contributed by atoms with E-state index in [1.54, 1.807) is 78.9 Å². The molecule has 202 valence electrons. The molecule has 40 heavy (non-hydrogen) atoms. The third-order valence-electron chi connectivity index (χ3n) is 6.70. The number of aromatic nitrogens is 3.